The molecule has 0 N–H and O–H groups in total. The summed E-state index contributed by atoms with van der Waals surface area (Å²) >= 11 is 1.84. The molecule has 0 aliphatic heterocycles. The van der Waals surface area contributed by atoms with Crippen LogP contribution >= 0.6 is 11.3 Å². The predicted octanol–water partition coefficient (Wildman–Crippen LogP) is 5.40. The summed E-state index contributed by atoms with van der Waals surface area (Å²) in [5.41, 5.74) is 4.89. The minimum absolute atomic E-state index is 0.333. The fraction of sp³-hybridized carbons (Fsp3) is 0.360. The molecule has 0 amide bonds. The third-order valence-corrected chi connectivity index (χ3v) is 7.86. The van der Waals surface area contributed by atoms with Crippen molar-refractivity contribution in [2.75, 3.05) is 0 Å². The Morgan fingerprint density at radius 2 is 2.09 bits per heavy atom. The van der Waals surface area contributed by atoms with Gasteiger partial charge in [0, 0.05) is 22.8 Å². The van der Waals surface area contributed by atoms with Crippen molar-refractivity contribution in [2.45, 2.75) is 46.6 Å². The summed E-state index contributed by atoms with van der Waals surface area (Å²) in [6.07, 6.45) is 9.05. The first-order valence-corrected chi connectivity index (χ1v) is 12.0. The van der Waals surface area contributed by atoms with E-state index in [9.17, 15) is 0 Å². The van der Waals surface area contributed by atoms with Gasteiger partial charge in [0.2, 0.25) is 0 Å². The lowest BCUT2D eigenvalue weighted by Crippen LogP contribution is -2.26. The summed E-state index contributed by atoms with van der Waals surface area (Å²) in [4.78, 5) is 12.3. The van der Waals surface area contributed by atoms with Gasteiger partial charge in [-0.1, -0.05) is 39.0 Å². The van der Waals surface area contributed by atoms with Crippen LogP contribution in [0, 0.1) is 11.3 Å². The highest BCUT2D eigenvalue weighted by atomic mass is 32.1. The summed E-state index contributed by atoms with van der Waals surface area (Å²) < 4.78 is 3.77. The van der Waals surface area contributed by atoms with Gasteiger partial charge >= 0.3 is 0 Å². The molecule has 0 bridgehead atoms. The number of hydrogen-bond acceptors (Lipinski definition) is 5. The molecule has 1 aliphatic carbocycles. The molecule has 4 heterocycles. The van der Waals surface area contributed by atoms with Crippen LogP contribution in [0.5, 0.6) is 0 Å². The van der Waals surface area contributed by atoms with E-state index in [0.29, 0.717) is 11.3 Å². The molecule has 6 rings (SSSR count). The van der Waals surface area contributed by atoms with Gasteiger partial charge in [-0.3, -0.25) is 4.68 Å². The van der Waals surface area contributed by atoms with Gasteiger partial charge in [0.25, 0.3) is 0 Å². The number of aromatic nitrogens is 6. The standard InChI is InChI=1S/C25H26N6S/c1-25(2,3)18-8-9-19-20(13-18)32-24-21(19)23-28-22(29-31(23)15-26-24)17-7-4-6-16(12-17)14-30-11-5-10-27-30/h4-7,10-12,15,18H,8-9,13-14H2,1-3H3. The molecule has 0 radical (unpaired) electrons. The van der Waals surface area contributed by atoms with E-state index in [-0.39, 0.29) is 0 Å². The van der Waals surface area contributed by atoms with Crippen molar-refractivity contribution in [1.29, 1.82) is 0 Å². The molecular weight excluding hydrogens is 416 g/mol. The van der Waals surface area contributed by atoms with Gasteiger partial charge in [0.05, 0.1) is 11.9 Å². The van der Waals surface area contributed by atoms with Crippen molar-refractivity contribution in [1.82, 2.24) is 29.4 Å². The lowest BCUT2D eigenvalue weighted by molar-refractivity contribution is 0.218. The Morgan fingerprint density at radius 1 is 1.19 bits per heavy atom. The van der Waals surface area contributed by atoms with Crippen LogP contribution in [0.4, 0.5) is 0 Å². The Hall–Kier alpha value is -3.06. The van der Waals surface area contributed by atoms with E-state index in [4.69, 9.17) is 15.1 Å². The first kappa shape index (κ1) is 19.6. The lowest BCUT2D eigenvalue weighted by Gasteiger charge is -2.33. The van der Waals surface area contributed by atoms with Gasteiger partial charge in [0.15, 0.2) is 11.5 Å². The minimum atomic E-state index is 0.333. The van der Waals surface area contributed by atoms with Crippen molar-refractivity contribution in [2.24, 2.45) is 11.3 Å². The second kappa shape index (κ2) is 7.24. The first-order valence-electron chi connectivity index (χ1n) is 11.2. The monoisotopic (exact) mass is 442 g/mol. The van der Waals surface area contributed by atoms with E-state index in [1.807, 2.05) is 39.1 Å². The van der Waals surface area contributed by atoms with Gasteiger partial charge in [-0.2, -0.15) is 5.10 Å². The Labute approximate surface area is 190 Å². The van der Waals surface area contributed by atoms with E-state index in [2.05, 4.69) is 50.1 Å². The van der Waals surface area contributed by atoms with Crippen molar-refractivity contribution in [3.63, 3.8) is 0 Å². The molecule has 162 valence electrons. The van der Waals surface area contributed by atoms with Crippen molar-refractivity contribution in [3.8, 4) is 11.4 Å². The van der Waals surface area contributed by atoms with Crippen LogP contribution in [0.25, 0.3) is 27.3 Å². The van der Waals surface area contributed by atoms with Crippen molar-refractivity contribution >= 4 is 27.2 Å². The van der Waals surface area contributed by atoms with Gasteiger partial charge in [-0.05, 0) is 53.9 Å². The Morgan fingerprint density at radius 3 is 2.91 bits per heavy atom. The van der Waals surface area contributed by atoms with E-state index >= 15 is 0 Å². The SMILES string of the molecule is CC(C)(C)C1CCc2c(sc3ncn4nc(-c5cccc(Cn6cccn6)c5)nc4c23)C1. The molecule has 5 aromatic rings. The predicted molar refractivity (Wildman–Crippen MR) is 128 cm³/mol. The highest BCUT2D eigenvalue weighted by molar-refractivity contribution is 7.19. The zero-order valence-electron chi connectivity index (χ0n) is 18.6. The van der Waals surface area contributed by atoms with E-state index < -0.39 is 0 Å². The van der Waals surface area contributed by atoms with Crippen molar-refractivity contribution < 1.29 is 0 Å². The second-order valence-electron chi connectivity index (χ2n) is 9.84. The minimum Gasteiger partial charge on any atom is -0.268 e. The number of thiophene rings is 1. The Balaban J connectivity index is 1.41. The fourth-order valence-corrected chi connectivity index (χ4v) is 6.09. The van der Waals surface area contributed by atoms with Crippen LogP contribution in [-0.4, -0.2) is 29.4 Å². The molecule has 1 atom stereocenters. The van der Waals surface area contributed by atoms with Crippen LogP contribution in [-0.2, 0) is 19.4 Å². The average molecular weight is 443 g/mol. The number of nitrogens with zero attached hydrogens (tertiary/aromatic N) is 6. The van der Waals surface area contributed by atoms with E-state index in [0.717, 1.165) is 41.3 Å². The molecule has 32 heavy (non-hydrogen) atoms. The molecule has 0 saturated heterocycles. The Kier molecular flexibility index (Phi) is 4.43. The third-order valence-electron chi connectivity index (χ3n) is 6.70. The quantitative estimate of drug-likeness (QED) is 0.375. The summed E-state index contributed by atoms with van der Waals surface area (Å²) in [5.74, 6) is 1.45. The average Bonchev–Trinajstić information content (AvgIpc) is 3.50. The normalized spacial score (nSPS) is 16.7. The van der Waals surface area contributed by atoms with Gasteiger partial charge < -0.3 is 0 Å². The molecular formula is C25H26N6S. The molecule has 1 unspecified atom stereocenters. The smallest absolute Gasteiger partial charge is 0.182 e. The molecule has 1 aliphatic rings. The largest absolute Gasteiger partial charge is 0.268 e. The zero-order chi connectivity index (χ0) is 21.9. The second-order valence-corrected chi connectivity index (χ2v) is 10.9. The van der Waals surface area contributed by atoms with Crippen LogP contribution in [0.2, 0.25) is 0 Å². The summed E-state index contributed by atoms with van der Waals surface area (Å²) in [6, 6.07) is 10.3. The van der Waals surface area contributed by atoms with E-state index in [1.165, 1.54) is 27.8 Å². The third kappa shape index (κ3) is 3.32. The summed E-state index contributed by atoms with van der Waals surface area (Å²) in [6.45, 7) is 7.81. The number of fused-ring (bicyclic) bond motifs is 5. The van der Waals surface area contributed by atoms with Gasteiger partial charge in [-0.25, -0.2) is 14.5 Å². The molecule has 4 aromatic heterocycles. The maximum absolute atomic E-state index is 4.99. The first-order chi connectivity index (χ1) is 15.5. The van der Waals surface area contributed by atoms with Crippen LogP contribution in [0.3, 0.4) is 0 Å². The molecule has 1 aromatic carbocycles. The fourth-order valence-electron chi connectivity index (χ4n) is 4.83. The maximum Gasteiger partial charge on any atom is 0.182 e. The molecule has 7 heteroatoms. The topological polar surface area (TPSA) is 60.9 Å². The van der Waals surface area contributed by atoms with Crippen molar-refractivity contribution in [3.05, 3.63) is 65.1 Å². The lowest BCUT2D eigenvalue weighted by atomic mass is 9.72. The molecule has 0 saturated carbocycles. The van der Waals surface area contributed by atoms with E-state index in [1.54, 1.807) is 6.20 Å². The number of rotatable bonds is 3. The zero-order valence-corrected chi connectivity index (χ0v) is 19.4. The number of aryl methyl sites for hydroxylation is 1. The van der Waals surface area contributed by atoms with Crippen LogP contribution < -0.4 is 0 Å². The maximum atomic E-state index is 4.99. The molecule has 0 fully saturated rings. The van der Waals surface area contributed by atoms with Gasteiger partial charge in [0.1, 0.15) is 11.2 Å². The van der Waals surface area contributed by atoms with Crippen LogP contribution in [0.1, 0.15) is 43.2 Å². The molecule has 0 spiro atoms. The molecule has 6 nitrogen and oxygen atoms in total. The van der Waals surface area contributed by atoms with Crippen LogP contribution in [0.15, 0.2) is 49.1 Å². The highest BCUT2D eigenvalue weighted by Crippen LogP contribution is 2.43. The highest BCUT2D eigenvalue weighted by Gasteiger charge is 2.31. The Bertz CT molecular complexity index is 1420. The van der Waals surface area contributed by atoms with Gasteiger partial charge in [-0.15, -0.1) is 16.4 Å². The number of benzene rings is 1. The number of hydrogen-bond donors (Lipinski definition) is 0. The summed E-state index contributed by atoms with van der Waals surface area (Å²) in [5, 5.41) is 10.3. The summed E-state index contributed by atoms with van der Waals surface area (Å²) in [7, 11) is 0.